The SMILES string of the molecule is O=c1[nH]c2c(Cl)cc3c(c2s1)CC(CCc1ccccc1)NCC3. The van der Waals surface area contributed by atoms with Gasteiger partial charge >= 0.3 is 4.87 Å². The van der Waals surface area contributed by atoms with Crippen molar-refractivity contribution >= 4 is 33.2 Å². The molecule has 124 valence electrons. The smallest absolute Gasteiger partial charge is 0.305 e. The van der Waals surface area contributed by atoms with Crippen LogP contribution < -0.4 is 10.2 Å². The Morgan fingerprint density at radius 3 is 2.92 bits per heavy atom. The average Bonchev–Trinajstić information content (AvgIpc) is 2.87. The van der Waals surface area contributed by atoms with Gasteiger partial charge in [0.2, 0.25) is 0 Å². The number of hydrogen-bond acceptors (Lipinski definition) is 3. The molecule has 1 aliphatic heterocycles. The number of halogens is 1. The van der Waals surface area contributed by atoms with E-state index in [0.29, 0.717) is 11.1 Å². The number of fused-ring (bicyclic) bond motifs is 3. The van der Waals surface area contributed by atoms with Gasteiger partial charge in [-0.1, -0.05) is 53.3 Å². The Bertz CT molecular complexity index is 916. The second-order valence-corrected chi connectivity index (χ2v) is 7.73. The van der Waals surface area contributed by atoms with Crippen molar-refractivity contribution in [2.45, 2.75) is 31.7 Å². The van der Waals surface area contributed by atoms with Gasteiger partial charge in [-0.25, -0.2) is 0 Å². The normalized spacial score (nSPS) is 17.6. The standard InChI is InChI=1S/C19H19ClN2OS/c20-16-10-13-8-9-21-14(7-6-12-4-2-1-3-5-12)11-15(13)18-17(16)22-19(23)24-18/h1-5,10,14,21H,6-9,11H2,(H,22,23). The highest BCUT2D eigenvalue weighted by Gasteiger charge is 2.21. The summed E-state index contributed by atoms with van der Waals surface area (Å²) in [5.41, 5.74) is 4.74. The van der Waals surface area contributed by atoms with Crippen molar-refractivity contribution in [1.29, 1.82) is 0 Å². The summed E-state index contributed by atoms with van der Waals surface area (Å²) < 4.78 is 1.04. The Morgan fingerprint density at radius 1 is 1.25 bits per heavy atom. The van der Waals surface area contributed by atoms with Crippen LogP contribution in [0.5, 0.6) is 0 Å². The Balaban J connectivity index is 1.62. The second-order valence-electron chi connectivity index (χ2n) is 6.34. The van der Waals surface area contributed by atoms with Crippen LogP contribution in [0.25, 0.3) is 10.2 Å². The van der Waals surface area contributed by atoms with Gasteiger partial charge in [-0.2, -0.15) is 0 Å². The topological polar surface area (TPSA) is 44.9 Å². The van der Waals surface area contributed by atoms with Gasteiger partial charge < -0.3 is 10.3 Å². The zero-order valence-electron chi connectivity index (χ0n) is 13.3. The first kappa shape index (κ1) is 15.9. The van der Waals surface area contributed by atoms with Crippen LogP contribution in [0, 0.1) is 0 Å². The number of aryl methyl sites for hydroxylation is 1. The highest BCUT2D eigenvalue weighted by molar-refractivity contribution is 7.16. The van der Waals surface area contributed by atoms with E-state index in [1.54, 1.807) is 0 Å². The maximum absolute atomic E-state index is 11.8. The molecular weight excluding hydrogens is 340 g/mol. The zero-order chi connectivity index (χ0) is 16.5. The Labute approximate surface area is 149 Å². The van der Waals surface area contributed by atoms with E-state index in [4.69, 9.17) is 11.6 Å². The van der Waals surface area contributed by atoms with E-state index in [1.807, 2.05) is 6.07 Å². The van der Waals surface area contributed by atoms with Crippen molar-refractivity contribution in [1.82, 2.24) is 10.3 Å². The van der Waals surface area contributed by atoms with Gasteiger partial charge in [0, 0.05) is 6.04 Å². The van der Waals surface area contributed by atoms with Crippen molar-refractivity contribution in [3.8, 4) is 0 Å². The van der Waals surface area contributed by atoms with E-state index in [1.165, 1.54) is 28.0 Å². The maximum Gasteiger partial charge on any atom is 0.305 e. The summed E-state index contributed by atoms with van der Waals surface area (Å²) in [6, 6.07) is 13.1. The minimum atomic E-state index is -0.0293. The third-order valence-corrected chi connectivity index (χ3v) is 5.99. The largest absolute Gasteiger partial charge is 0.313 e. The van der Waals surface area contributed by atoms with Crippen LogP contribution in [0.15, 0.2) is 41.2 Å². The van der Waals surface area contributed by atoms with E-state index in [2.05, 4.69) is 40.6 Å². The van der Waals surface area contributed by atoms with Crippen molar-refractivity contribution in [2.75, 3.05) is 6.54 Å². The number of thiazole rings is 1. The van der Waals surface area contributed by atoms with E-state index in [0.717, 1.165) is 42.4 Å². The molecule has 1 aromatic heterocycles. The fourth-order valence-electron chi connectivity index (χ4n) is 3.53. The third-order valence-electron chi connectivity index (χ3n) is 4.75. The number of rotatable bonds is 3. The molecule has 0 fully saturated rings. The third kappa shape index (κ3) is 3.14. The van der Waals surface area contributed by atoms with E-state index >= 15 is 0 Å². The Hall–Kier alpha value is -1.62. The number of aromatic amines is 1. The van der Waals surface area contributed by atoms with Crippen LogP contribution in [0.4, 0.5) is 0 Å². The van der Waals surface area contributed by atoms with Crippen LogP contribution in [0.3, 0.4) is 0 Å². The van der Waals surface area contributed by atoms with Gasteiger partial charge in [0.05, 0.1) is 15.2 Å². The lowest BCUT2D eigenvalue weighted by Gasteiger charge is -2.16. The molecular formula is C19H19ClN2OS. The summed E-state index contributed by atoms with van der Waals surface area (Å²) in [6.07, 6.45) is 4.06. The maximum atomic E-state index is 11.8. The highest BCUT2D eigenvalue weighted by atomic mass is 35.5. The van der Waals surface area contributed by atoms with Crippen LogP contribution in [-0.4, -0.2) is 17.6 Å². The minimum Gasteiger partial charge on any atom is -0.313 e. The molecule has 2 N–H and O–H groups in total. The molecule has 2 heterocycles. The van der Waals surface area contributed by atoms with Crippen LogP contribution in [0.1, 0.15) is 23.1 Å². The number of benzene rings is 2. The molecule has 3 aromatic rings. The van der Waals surface area contributed by atoms with Crippen LogP contribution >= 0.6 is 22.9 Å². The summed E-state index contributed by atoms with van der Waals surface area (Å²) in [5, 5.41) is 4.32. The fourth-order valence-corrected chi connectivity index (χ4v) is 4.80. The van der Waals surface area contributed by atoms with E-state index in [9.17, 15) is 4.79 Å². The fraction of sp³-hybridized carbons (Fsp3) is 0.316. The first-order chi connectivity index (χ1) is 11.7. The molecule has 0 saturated carbocycles. The molecule has 24 heavy (non-hydrogen) atoms. The van der Waals surface area contributed by atoms with E-state index < -0.39 is 0 Å². The van der Waals surface area contributed by atoms with Gasteiger partial charge in [0.15, 0.2) is 0 Å². The molecule has 0 aliphatic carbocycles. The molecule has 4 rings (SSSR count). The number of hydrogen-bond donors (Lipinski definition) is 2. The van der Waals surface area contributed by atoms with Gasteiger partial charge in [-0.3, -0.25) is 4.79 Å². The lowest BCUT2D eigenvalue weighted by molar-refractivity contribution is 0.495. The monoisotopic (exact) mass is 358 g/mol. The molecule has 1 atom stereocenters. The first-order valence-corrected chi connectivity index (χ1v) is 9.50. The molecule has 3 nitrogen and oxygen atoms in total. The van der Waals surface area contributed by atoms with E-state index in [-0.39, 0.29) is 4.87 Å². The van der Waals surface area contributed by atoms with Crippen molar-refractivity contribution < 1.29 is 0 Å². The number of H-pyrrole nitrogens is 1. The van der Waals surface area contributed by atoms with Crippen molar-refractivity contribution in [2.24, 2.45) is 0 Å². The quantitative estimate of drug-likeness (QED) is 0.745. The molecule has 0 spiro atoms. The van der Waals surface area contributed by atoms with Crippen LogP contribution in [0.2, 0.25) is 5.02 Å². The van der Waals surface area contributed by atoms with Gasteiger partial charge in [0.1, 0.15) is 0 Å². The number of aromatic nitrogens is 1. The minimum absolute atomic E-state index is 0.0293. The molecule has 1 aliphatic rings. The average molecular weight is 359 g/mol. The molecule has 0 amide bonds. The van der Waals surface area contributed by atoms with Crippen molar-refractivity contribution in [3.05, 3.63) is 67.8 Å². The Morgan fingerprint density at radius 2 is 2.08 bits per heavy atom. The first-order valence-electron chi connectivity index (χ1n) is 8.31. The Kier molecular flexibility index (Phi) is 4.44. The van der Waals surface area contributed by atoms with Gasteiger partial charge in [0.25, 0.3) is 0 Å². The summed E-state index contributed by atoms with van der Waals surface area (Å²) in [7, 11) is 0. The number of nitrogens with one attached hydrogen (secondary N) is 2. The van der Waals surface area contributed by atoms with Gasteiger partial charge in [-0.05, 0) is 55.0 Å². The molecule has 5 heteroatoms. The molecule has 0 saturated heterocycles. The highest BCUT2D eigenvalue weighted by Crippen LogP contribution is 2.32. The second kappa shape index (κ2) is 6.71. The molecule has 0 radical (unpaired) electrons. The lowest BCUT2D eigenvalue weighted by Crippen LogP contribution is -2.31. The molecule has 0 bridgehead atoms. The zero-order valence-corrected chi connectivity index (χ0v) is 14.8. The molecule has 2 aromatic carbocycles. The predicted molar refractivity (Wildman–Crippen MR) is 101 cm³/mol. The summed E-state index contributed by atoms with van der Waals surface area (Å²) in [5.74, 6) is 0. The summed E-state index contributed by atoms with van der Waals surface area (Å²) >= 11 is 7.64. The van der Waals surface area contributed by atoms with Crippen LogP contribution in [-0.2, 0) is 19.3 Å². The lowest BCUT2D eigenvalue weighted by atomic mass is 9.96. The van der Waals surface area contributed by atoms with Gasteiger partial charge in [-0.15, -0.1) is 0 Å². The van der Waals surface area contributed by atoms with Crippen molar-refractivity contribution in [3.63, 3.8) is 0 Å². The summed E-state index contributed by atoms with van der Waals surface area (Å²) in [6.45, 7) is 0.952. The molecule has 1 unspecified atom stereocenters. The predicted octanol–water partition coefficient (Wildman–Crippen LogP) is 3.93. The summed E-state index contributed by atoms with van der Waals surface area (Å²) in [4.78, 5) is 14.6.